The summed E-state index contributed by atoms with van der Waals surface area (Å²) in [6, 6.07) is 24.9. The monoisotopic (exact) mass is 409 g/mol. The maximum Gasteiger partial charge on any atom is 0.291 e. The molecule has 5 aromatic rings. The van der Waals surface area contributed by atoms with Crippen LogP contribution in [0, 0.1) is 0 Å². The molecule has 1 amide bonds. The molecule has 0 unspecified atom stereocenters. The van der Waals surface area contributed by atoms with Crippen LogP contribution in [0.5, 0.6) is 5.75 Å². The van der Waals surface area contributed by atoms with Crippen LogP contribution in [-0.4, -0.2) is 15.5 Å². The number of nitrogens with one attached hydrogen (secondary N) is 1. The van der Waals surface area contributed by atoms with E-state index >= 15 is 0 Å². The van der Waals surface area contributed by atoms with Gasteiger partial charge in [0.05, 0.1) is 17.7 Å². The minimum absolute atomic E-state index is 0.220. The van der Waals surface area contributed by atoms with Crippen LogP contribution in [-0.2, 0) is 6.61 Å². The number of rotatable bonds is 6. The van der Waals surface area contributed by atoms with Gasteiger partial charge < -0.3 is 19.0 Å². The Balaban J connectivity index is 1.27. The molecule has 3 aromatic carbocycles. The SMILES string of the molecule is O=C(Nc1ccccc1-n1ccnc1)c1ccc(COc2ccc3ccccc3c2)o1. The lowest BCUT2D eigenvalue weighted by Crippen LogP contribution is -2.12. The molecule has 0 saturated heterocycles. The van der Waals surface area contributed by atoms with Crippen molar-refractivity contribution < 1.29 is 13.9 Å². The van der Waals surface area contributed by atoms with Crippen LogP contribution >= 0.6 is 0 Å². The lowest BCUT2D eigenvalue weighted by molar-refractivity contribution is 0.0992. The summed E-state index contributed by atoms with van der Waals surface area (Å²) >= 11 is 0. The Kier molecular flexibility index (Phi) is 4.94. The van der Waals surface area contributed by atoms with Crippen molar-refractivity contribution in [2.24, 2.45) is 0 Å². The number of fused-ring (bicyclic) bond motifs is 1. The Bertz CT molecular complexity index is 1340. The molecule has 0 spiro atoms. The highest BCUT2D eigenvalue weighted by atomic mass is 16.5. The topological polar surface area (TPSA) is 69.3 Å². The number of furan rings is 1. The van der Waals surface area contributed by atoms with Gasteiger partial charge >= 0.3 is 0 Å². The van der Waals surface area contributed by atoms with Gasteiger partial charge in [0.25, 0.3) is 5.91 Å². The third-order valence-corrected chi connectivity index (χ3v) is 4.92. The maximum absolute atomic E-state index is 12.7. The highest BCUT2D eigenvalue weighted by Gasteiger charge is 2.14. The zero-order chi connectivity index (χ0) is 21.0. The van der Waals surface area contributed by atoms with Crippen LogP contribution < -0.4 is 10.1 Å². The Morgan fingerprint density at radius 1 is 0.968 bits per heavy atom. The first-order valence-electron chi connectivity index (χ1n) is 9.85. The number of hydrogen-bond donors (Lipinski definition) is 1. The van der Waals surface area contributed by atoms with Crippen molar-refractivity contribution in [2.45, 2.75) is 6.61 Å². The number of nitrogens with zero attached hydrogens (tertiary/aromatic N) is 2. The summed E-state index contributed by atoms with van der Waals surface area (Å²) in [5.74, 6) is 1.21. The summed E-state index contributed by atoms with van der Waals surface area (Å²) in [6.45, 7) is 0.233. The first-order valence-corrected chi connectivity index (χ1v) is 9.85. The minimum Gasteiger partial charge on any atom is -0.486 e. The molecular weight excluding hydrogens is 390 g/mol. The summed E-state index contributed by atoms with van der Waals surface area (Å²) < 4.78 is 13.4. The molecule has 0 aliphatic heterocycles. The van der Waals surface area contributed by atoms with E-state index in [1.165, 1.54) is 0 Å². The molecule has 1 N–H and O–H groups in total. The van der Waals surface area contributed by atoms with E-state index in [2.05, 4.69) is 16.4 Å². The average Bonchev–Trinajstić information content (AvgIpc) is 3.50. The quantitative estimate of drug-likeness (QED) is 0.405. The van der Waals surface area contributed by atoms with Gasteiger partial charge in [-0.25, -0.2) is 4.98 Å². The van der Waals surface area contributed by atoms with Crippen LogP contribution in [0.25, 0.3) is 16.5 Å². The predicted octanol–water partition coefficient (Wildman–Crippen LogP) is 5.45. The predicted molar refractivity (Wildman–Crippen MR) is 119 cm³/mol. The molecule has 2 aromatic heterocycles. The fraction of sp³-hybridized carbons (Fsp3) is 0.0400. The Hall–Kier alpha value is -4.32. The van der Waals surface area contributed by atoms with Crippen LogP contribution in [0.3, 0.4) is 0 Å². The molecule has 6 nitrogen and oxygen atoms in total. The van der Waals surface area contributed by atoms with Crippen molar-refractivity contribution in [3.05, 3.63) is 109 Å². The largest absolute Gasteiger partial charge is 0.486 e. The zero-order valence-electron chi connectivity index (χ0n) is 16.6. The van der Waals surface area contributed by atoms with Gasteiger partial charge in [-0.3, -0.25) is 4.79 Å². The molecule has 0 saturated carbocycles. The average molecular weight is 409 g/mol. The summed E-state index contributed by atoms with van der Waals surface area (Å²) in [5.41, 5.74) is 1.48. The molecule has 0 aliphatic carbocycles. The van der Waals surface area contributed by atoms with Gasteiger partial charge in [0.15, 0.2) is 5.76 Å². The van der Waals surface area contributed by atoms with Crippen molar-refractivity contribution >= 4 is 22.4 Å². The van der Waals surface area contributed by atoms with Crippen molar-refractivity contribution in [2.75, 3.05) is 5.32 Å². The summed E-state index contributed by atoms with van der Waals surface area (Å²) in [7, 11) is 0. The van der Waals surface area contributed by atoms with E-state index < -0.39 is 0 Å². The molecule has 0 aliphatic rings. The molecule has 31 heavy (non-hydrogen) atoms. The molecule has 0 bridgehead atoms. The molecule has 0 radical (unpaired) electrons. The third kappa shape index (κ3) is 4.04. The number of carbonyl (C=O) groups excluding carboxylic acids is 1. The molecule has 6 heteroatoms. The molecule has 2 heterocycles. The normalized spacial score (nSPS) is 10.8. The third-order valence-electron chi connectivity index (χ3n) is 4.92. The molecular formula is C25H19N3O3. The summed E-state index contributed by atoms with van der Waals surface area (Å²) in [5, 5.41) is 5.16. The fourth-order valence-electron chi connectivity index (χ4n) is 3.38. The van der Waals surface area contributed by atoms with Crippen molar-refractivity contribution in [1.82, 2.24) is 9.55 Å². The van der Waals surface area contributed by atoms with Gasteiger partial charge in [-0.15, -0.1) is 0 Å². The highest BCUT2D eigenvalue weighted by Crippen LogP contribution is 2.23. The van der Waals surface area contributed by atoms with E-state index in [0.717, 1.165) is 22.2 Å². The zero-order valence-corrected chi connectivity index (χ0v) is 16.6. The number of imidazole rings is 1. The number of para-hydroxylation sites is 2. The number of carbonyl (C=O) groups is 1. The second kappa shape index (κ2) is 8.20. The fourth-order valence-corrected chi connectivity index (χ4v) is 3.38. The second-order valence-corrected chi connectivity index (χ2v) is 7.00. The van der Waals surface area contributed by atoms with E-state index in [4.69, 9.17) is 9.15 Å². The first kappa shape index (κ1) is 18.7. The second-order valence-electron chi connectivity index (χ2n) is 7.00. The Morgan fingerprint density at radius 3 is 2.68 bits per heavy atom. The molecule has 0 fully saturated rings. The standard InChI is InChI=1S/C25H19N3O3/c29-25(27-22-7-3-4-8-23(22)28-14-13-26-17-28)24-12-11-21(31-24)16-30-20-10-9-18-5-1-2-6-19(18)15-20/h1-15,17H,16H2,(H,27,29). The maximum atomic E-state index is 12.7. The van der Waals surface area contributed by atoms with E-state index in [1.807, 2.05) is 71.4 Å². The smallest absolute Gasteiger partial charge is 0.291 e. The minimum atomic E-state index is -0.329. The highest BCUT2D eigenvalue weighted by molar-refractivity contribution is 6.03. The van der Waals surface area contributed by atoms with Crippen LogP contribution in [0.4, 0.5) is 5.69 Å². The van der Waals surface area contributed by atoms with Crippen molar-refractivity contribution in [3.8, 4) is 11.4 Å². The Morgan fingerprint density at radius 2 is 1.81 bits per heavy atom. The van der Waals surface area contributed by atoms with Crippen LogP contribution in [0.2, 0.25) is 0 Å². The number of hydrogen-bond acceptors (Lipinski definition) is 4. The van der Waals surface area contributed by atoms with Gasteiger partial charge in [-0.05, 0) is 47.2 Å². The van der Waals surface area contributed by atoms with Gasteiger partial charge in [-0.1, -0.05) is 42.5 Å². The Labute approximate surface area is 178 Å². The number of anilines is 1. The van der Waals surface area contributed by atoms with Crippen LogP contribution in [0.1, 0.15) is 16.3 Å². The first-order chi connectivity index (χ1) is 15.3. The van der Waals surface area contributed by atoms with Crippen LogP contribution in [0.15, 0.2) is 102 Å². The summed E-state index contributed by atoms with van der Waals surface area (Å²) in [4.78, 5) is 16.8. The molecule has 152 valence electrons. The van der Waals surface area contributed by atoms with Gasteiger partial charge in [0.1, 0.15) is 18.1 Å². The number of benzene rings is 3. The lowest BCUT2D eigenvalue weighted by atomic mass is 10.1. The number of amides is 1. The van der Waals surface area contributed by atoms with E-state index in [0.29, 0.717) is 11.4 Å². The number of ether oxygens (including phenoxy) is 1. The lowest BCUT2D eigenvalue weighted by Gasteiger charge is -2.10. The van der Waals surface area contributed by atoms with Crippen molar-refractivity contribution in [3.63, 3.8) is 0 Å². The van der Waals surface area contributed by atoms with Gasteiger partial charge in [0.2, 0.25) is 0 Å². The van der Waals surface area contributed by atoms with E-state index in [1.54, 1.807) is 24.7 Å². The molecule has 5 rings (SSSR count). The van der Waals surface area contributed by atoms with E-state index in [9.17, 15) is 4.79 Å². The number of aromatic nitrogens is 2. The van der Waals surface area contributed by atoms with Gasteiger partial charge in [-0.2, -0.15) is 0 Å². The van der Waals surface area contributed by atoms with Crippen molar-refractivity contribution in [1.29, 1.82) is 0 Å². The van der Waals surface area contributed by atoms with E-state index in [-0.39, 0.29) is 18.3 Å². The molecule has 0 atom stereocenters. The van der Waals surface area contributed by atoms with Gasteiger partial charge in [0, 0.05) is 12.4 Å². The summed E-state index contributed by atoms with van der Waals surface area (Å²) in [6.07, 6.45) is 5.19.